The fourth-order valence-electron chi connectivity index (χ4n) is 2.32. The first-order valence-electron chi connectivity index (χ1n) is 6.84. The summed E-state index contributed by atoms with van der Waals surface area (Å²) in [5, 5.41) is 3.10. The van der Waals surface area contributed by atoms with E-state index in [9.17, 15) is 4.79 Å². The summed E-state index contributed by atoms with van der Waals surface area (Å²) in [6.07, 6.45) is 2.60. The highest BCUT2D eigenvalue weighted by Gasteiger charge is 2.27. The minimum atomic E-state index is -0.285. The number of nitrogens with one attached hydrogen (secondary N) is 1. The van der Waals surface area contributed by atoms with E-state index >= 15 is 0 Å². The zero-order chi connectivity index (χ0) is 13.1. The van der Waals surface area contributed by atoms with Gasteiger partial charge in [-0.05, 0) is 31.8 Å². The van der Waals surface area contributed by atoms with Crippen LogP contribution in [0.2, 0.25) is 0 Å². The molecule has 1 unspecified atom stereocenters. The van der Waals surface area contributed by atoms with Crippen LogP contribution in [0.25, 0.3) is 0 Å². The van der Waals surface area contributed by atoms with E-state index in [0.29, 0.717) is 12.0 Å². The number of nitrogens with zero attached hydrogens (tertiary/aromatic N) is 1. The average Bonchev–Trinajstić information content (AvgIpc) is 2.69. The van der Waals surface area contributed by atoms with E-state index in [-0.39, 0.29) is 11.3 Å². The Morgan fingerprint density at radius 2 is 1.76 bits per heavy atom. The van der Waals surface area contributed by atoms with Gasteiger partial charge in [0, 0.05) is 18.0 Å². The third kappa shape index (κ3) is 4.30. The number of hydrogen-bond acceptors (Lipinski definition) is 2. The number of rotatable bonds is 4. The molecule has 1 aliphatic heterocycles. The van der Waals surface area contributed by atoms with Crippen LogP contribution in [0.4, 0.5) is 0 Å². The van der Waals surface area contributed by atoms with Gasteiger partial charge in [0.05, 0.1) is 0 Å². The third-order valence-electron chi connectivity index (χ3n) is 3.53. The number of amides is 1. The summed E-state index contributed by atoms with van der Waals surface area (Å²) in [5.74, 6) is 0.746. The fourth-order valence-corrected chi connectivity index (χ4v) is 2.32. The monoisotopic (exact) mass is 240 g/mol. The summed E-state index contributed by atoms with van der Waals surface area (Å²) >= 11 is 0. The van der Waals surface area contributed by atoms with E-state index in [1.54, 1.807) is 0 Å². The Bertz CT molecular complexity index is 249. The van der Waals surface area contributed by atoms with Crippen molar-refractivity contribution in [3.8, 4) is 0 Å². The summed E-state index contributed by atoms with van der Waals surface area (Å²) in [6, 6.07) is 0.490. The summed E-state index contributed by atoms with van der Waals surface area (Å²) < 4.78 is 0. The molecule has 17 heavy (non-hydrogen) atoms. The minimum absolute atomic E-state index is 0.155. The maximum absolute atomic E-state index is 11.9. The fraction of sp³-hybridized carbons (Fsp3) is 0.929. The molecule has 1 N–H and O–H groups in total. The lowest BCUT2D eigenvalue weighted by Crippen LogP contribution is -2.47. The highest BCUT2D eigenvalue weighted by Crippen LogP contribution is 2.18. The van der Waals surface area contributed by atoms with Crippen LogP contribution in [0.1, 0.15) is 47.5 Å². The predicted molar refractivity (Wildman–Crippen MR) is 71.9 cm³/mol. The molecular formula is C14H28N2O. The zero-order valence-corrected chi connectivity index (χ0v) is 12.0. The standard InChI is InChI=1S/C14H28N2O/c1-11(2)12(16-8-6-7-9-16)10-15-13(17)14(3,4)5/h11-12H,6-10H2,1-5H3,(H,15,17). The average molecular weight is 240 g/mol. The summed E-state index contributed by atoms with van der Waals surface area (Å²) in [6.45, 7) is 13.5. The van der Waals surface area contributed by atoms with Crippen molar-refractivity contribution in [1.29, 1.82) is 0 Å². The van der Waals surface area contributed by atoms with E-state index in [2.05, 4.69) is 24.1 Å². The van der Waals surface area contributed by atoms with Crippen LogP contribution in [-0.2, 0) is 4.79 Å². The Kier molecular flexibility index (Phi) is 4.99. The van der Waals surface area contributed by atoms with Crippen molar-refractivity contribution in [2.24, 2.45) is 11.3 Å². The lowest BCUT2D eigenvalue weighted by Gasteiger charge is -2.32. The first-order chi connectivity index (χ1) is 7.82. The quantitative estimate of drug-likeness (QED) is 0.817. The molecule has 1 heterocycles. The lowest BCUT2D eigenvalue weighted by atomic mass is 9.95. The molecule has 0 aromatic carbocycles. The number of hydrogen-bond donors (Lipinski definition) is 1. The molecule has 1 rings (SSSR count). The summed E-state index contributed by atoms with van der Waals surface area (Å²) in [5.41, 5.74) is -0.285. The van der Waals surface area contributed by atoms with Gasteiger partial charge >= 0.3 is 0 Å². The molecule has 0 aromatic heterocycles. The van der Waals surface area contributed by atoms with Crippen molar-refractivity contribution >= 4 is 5.91 Å². The third-order valence-corrected chi connectivity index (χ3v) is 3.53. The van der Waals surface area contributed by atoms with Gasteiger partial charge in [0.1, 0.15) is 0 Å². The smallest absolute Gasteiger partial charge is 0.225 e. The molecule has 3 heteroatoms. The minimum Gasteiger partial charge on any atom is -0.354 e. The first kappa shape index (κ1) is 14.5. The molecule has 3 nitrogen and oxygen atoms in total. The van der Waals surface area contributed by atoms with Crippen LogP contribution >= 0.6 is 0 Å². The molecule has 1 saturated heterocycles. The molecule has 1 aliphatic rings. The van der Waals surface area contributed by atoms with E-state index in [1.165, 1.54) is 25.9 Å². The van der Waals surface area contributed by atoms with Gasteiger partial charge in [0.25, 0.3) is 0 Å². The van der Waals surface area contributed by atoms with Gasteiger partial charge in [-0.3, -0.25) is 9.69 Å². The zero-order valence-electron chi connectivity index (χ0n) is 12.0. The predicted octanol–water partition coefficient (Wildman–Crippen LogP) is 2.27. The molecule has 0 radical (unpaired) electrons. The second-order valence-electron chi connectivity index (χ2n) is 6.51. The maximum Gasteiger partial charge on any atom is 0.225 e. The molecule has 1 amide bonds. The van der Waals surface area contributed by atoms with Gasteiger partial charge < -0.3 is 5.32 Å². The Morgan fingerprint density at radius 3 is 2.18 bits per heavy atom. The molecule has 1 atom stereocenters. The first-order valence-corrected chi connectivity index (χ1v) is 6.84. The van der Waals surface area contributed by atoms with Crippen molar-refractivity contribution in [1.82, 2.24) is 10.2 Å². The molecule has 100 valence electrons. The van der Waals surface area contributed by atoms with Crippen molar-refractivity contribution in [3.05, 3.63) is 0 Å². The van der Waals surface area contributed by atoms with E-state index in [4.69, 9.17) is 0 Å². The van der Waals surface area contributed by atoms with Crippen LogP contribution in [0, 0.1) is 11.3 Å². The SMILES string of the molecule is CC(C)C(CNC(=O)C(C)(C)C)N1CCCC1. The Hall–Kier alpha value is -0.570. The summed E-state index contributed by atoms with van der Waals surface area (Å²) in [4.78, 5) is 14.4. The van der Waals surface area contributed by atoms with Gasteiger partial charge in [-0.15, -0.1) is 0 Å². The van der Waals surface area contributed by atoms with Crippen LogP contribution < -0.4 is 5.32 Å². The lowest BCUT2D eigenvalue weighted by molar-refractivity contribution is -0.128. The van der Waals surface area contributed by atoms with Crippen molar-refractivity contribution < 1.29 is 4.79 Å². The van der Waals surface area contributed by atoms with Crippen molar-refractivity contribution in [2.75, 3.05) is 19.6 Å². The molecule has 1 fully saturated rings. The van der Waals surface area contributed by atoms with E-state index in [0.717, 1.165) is 6.54 Å². The molecule has 0 saturated carbocycles. The molecule has 0 bridgehead atoms. The molecular weight excluding hydrogens is 212 g/mol. The van der Waals surface area contributed by atoms with Crippen LogP contribution in [0.3, 0.4) is 0 Å². The number of carbonyl (C=O) groups excluding carboxylic acids is 1. The second kappa shape index (κ2) is 5.85. The molecule has 0 spiro atoms. The van der Waals surface area contributed by atoms with Gasteiger partial charge in [-0.1, -0.05) is 34.6 Å². The van der Waals surface area contributed by atoms with Crippen LogP contribution in [-0.4, -0.2) is 36.5 Å². The van der Waals surface area contributed by atoms with Gasteiger partial charge in [0.2, 0.25) is 5.91 Å². The van der Waals surface area contributed by atoms with Gasteiger partial charge in [0.15, 0.2) is 0 Å². The largest absolute Gasteiger partial charge is 0.354 e. The highest BCUT2D eigenvalue weighted by molar-refractivity contribution is 5.81. The van der Waals surface area contributed by atoms with Crippen molar-refractivity contribution in [2.45, 2.75) is 53.5 Å². The van der Waals surface area contributed by atoms with E-state index in [1.807, 2.05) is 20.8 Å². The Labute approximate surface area is 106 Å². The summed E-state index contributed by atoms with van der Waals surface area (Å²) in [7, 11) is 0. The van der Waals surface area contributed by atoms with Crippen LogP contribution in [0.15, 0.2) is 0 Å². The number of carbonyl (C=O) groups is 1. The van der Waals surface area contributed by atoms with Crippen LogP contribution in [0.5, 0.6) is 0 Å². The normalized spacial score (nSPS) is 19.6. The Balaban J connectivity index is 2.47. The van der Waals surface area contributed by atoms with Gasteiger partial charge in [-0.2, -0.15) is 0 Å². The topological polar surface area (TPSA) is 32.3 Å². The second-order valence-corrected chi connectivity index (χ2v) is 6.51. The number of likely N-dealkylation sites (tertiary alicyclic amines) is 1. The van der Waals surface area contributed by atoms with Crippen molar-refractivity contribution in [3.63, 3.8) is 0 Å². The highest BCUT2D eigenvalue weighted by atomic mass is 16.2. The molecule has 0 aliphatic carbocycles. The van der Waals surface area contributed by atoms with E-state index < -0.39 is 0 Å². The Morgan fingerprint density at radius 1 is 1.24 bits per heavy atom. The maximum atomic E-state index is 11.9. The molecule has 0 aromatic rings. The van der Waals surface area contributed by atoms with Gasteiger partial charge in [-0.25, -0.2) is 0 Å².